The molecule has 5 N–H and O–H groups in total. The van der Waals surface area contributed by atoms with Crippen molar-refractivity contribution >= 4 is 5.97 Å². The van der Waals surface area contributed by atoms with Crippen LogP contribution in [0.4, 0.5) is 0 Å². The molecule has 5 aliphatic carbocycles. The maximum atomic E-state index is 12.3. The molecule has 4 saturated carbocycles. The molecule has 0 amide bonds. The van der Waals surface area contributed by atoms with Gasteiger partial charge in [0.1, 0.15) is 18.0 Å². The van der Waals surface area contributed by atoms with Gasteiger partial charge in [-0.05, 0) is 106 Å². The van der Waals surface area contributed by atoms with Crippen LogP contribution in [-0.4, -0.2) is 56.8 Å². The Hall–Kier alpha value is -1.15. The molecule has 0 saturated heterocycles. The van der Waals surface area contributed by atoms with Crippen molar-refractivity contribution in [2.45, 2.75) is 136 Å². The third-order valence-corrected chi connectivity index (χ3v) is 13.9. The quantitative estimate of drug-likeness (QED) is 0.394. The Morgan fingerprint density at radius 2 is 1.67 bits per heavy atom. The molecule has 1 aliphatic heterocycles. The molecule has 0 aromatic rings. The van der Waals surface area contributed by atoms with Crippen molar-refractivity contribution in [2.24, 2.45) is 51.1 Å². The Labute approximate surface area is 233 Å². The molecule has 220 valence electrons. The van der Waals surface area contributed by atoms with E-state index in [-0.39, 0.29) is 22.2 Å². The molecular weight excluding hydrogens is 494 g/mol. The van der Waals surface area contributed by atoms with Crippen LogP contribution in [0, 0.1) is 45.3 Å². The zero-order valence-electron chi connectivity index (χ0n) is 25.2. The smallest absolute Gasteiger partial charge is 0.303 e. The van der Waals surface area contributed by atoms with Gasteiger partial charge in [-0.15, -0.1) is 0 Å². The minimum atomic E-state index is -1.28. The van der Waals surface area contributed by atoms with E-state index in [9.17, 15) is 20.1 Å². The first-order valence-corrected chi connectivity index (χ1v) is 15.4. The summed E-state index contributed by atoms with van der Waals surface area (Å²) < 4.78 is 12.3. The van der Waals surface area contributed by atoms with Gasteiger partial charge in [0.15, 0.2) is 6.10 Å². The summed E-state index contributed by atoms with van der Waals surface area (Å²) in [5.41, 5.74) is 5.92. The minimum Gasteiger partial charge on any atom is -0.488 e. The second kappa shape index (κ2) is 8.02. The number of carbonyl (C=O) groups excluding carboxylic acids is 1. The van der Waals surface area contributed by atoms with Gasteiger partial charge in [0, 0.05) is 23.3 Å². The summed E-state index contributed by atoms with van der Waals surface area (Å²) in [5.74, 6) is 1.48. The molecule has 39 heavy (non-hydrogen) atoms. The van der Waals surface area contributed by atoms with E-state index in [1.807, 2.05) is 0 Å². The zero-order valence-corrected chi connectivity index (χ0v) is 25.2. The van der Waals surface area contributed by atoms with E-state index in [1.165, 1.54) is 12.5 Å². The number of hydrogen-bond donors (Lipinski definition) is 4. The lowest BCUT2D eigenvalue weighted by atomic mass is 9.42. The summed E-state index contributed by atoms with van der Waals surface area (Å²) in [5, 5.41) is 34.1. The molecule has 1 unspecified atom stereocenters. The SMILES string of the molecule is CC(=O)O[C@@H]([C@H]1C[C@@H](C)C2=C(O1)[C@H](O)[C@@]1(C)[C@@H]3CC[C@H]4C(C)(N)[C@@H](O)CC[C@@]45[C@@H](C)[C@@]35CC[C@]21C)C(C)(C)O. The van der Waals surface area contributed by atoms with Crippen molar-refractivity contribution in [2.75, 3.05) is 0 Å². The van der Waals surface area contributed by atoms with Crippen LogP contribution in [0.15, 0.2) is 11.3 Å². The van der Waals surface area contributed by atoms with Crippen molar-refractivity contribution in [3.63, 3.8) is 0 Å². The molecular formula is C32H51NO6. The maximum absolute atomic E-state index is 12.3. The van der Waals surface area contributed by atoms with Gasteiger partial charge < -0.3 is 30.5 Å². The molecule has 13 atom stereocenters. The van der Waals surface area contributed by atoms with Crippen LogP contribution in [0.1, 0.15) is 100 Å². The first-order valence-electron chi connectivity index (χ1n) is 15.4. The van der Waals surface area contributed by atoms with Gasteiger partial charge in [0.25, 0.3) is 0 Å². The summed E-state index contributed by atoms with van der Waals surface area (Å²) in [7, 11) is 0. The second-order valence-electron chi connectivity index (χ2n) is 15.7. The number of aliphatic hydroxyl groups excluding tert-OH is 2. The highest BCUT2D eigenvalue weighted by molar-refractivity contribution is 5.66. The number of aliphatic hydroxyl groups is 3. The van der Waals surface area contributed by atoms with E-state index in [0.29, 0.717) is 29.9 Å². The molecule has 0 radical (unpaired) electrons. The van der Waals surface area contributed by atoms with Crippen LogP contribution >= 0.6 is 0 Å². The van der Waals surface area contributed by atoms with Crippen LogP contribution < -0.4 is 5.73 Å². The topological polar surface area (TPSA) is 122 Å². The number of fused-ring (bicyclic) bond motifs is 3. The number of esters is 1. The van der Waals surface area contributed by atoms with E-state index < -0.39 is 46.9 Å². The molecule has 7 heteroatoms. The van der Waals surface area contributed by atoms with Crippen molar-refractivity contribution in [3.05, 3.63) is 11.3 Å². The highest BCUT2D eigenvalue weighted by atomic mass is 16.6. The molecule has 1 heterocycles. The Bertz CT molecular complexity index is 1110. The van der Waals surface area contributed by atoms with E-state index >= 15 is 0 Å². The van der Waals surface area contributed by atoms with E-state index in [2.05, 4.69) is 34.6 Å². The Balaban J connectivity index is 1.38. The van der Waals surface area contributed by atoms with E-state index in [0.717, 1.165) is 38.5 Å². The van der Waals surface area contributed by atoms with Gasteiger partial charge in [0.05, 0.1) is 11.7 Å². The highest BCUT2D eigenvalue weighted by Gasteiger charge is 2.87. The summed E-state index contributed by atoms with van der Waals surface area (Å²) in [4.78, 5) is 12.0. The number of hydrogen-bond acceptors (Lipinski definition) is 7. The average Bonchev–Trinajstić information content (AvgIpc) is 3.30. The molecule has 2 spiro atoms. The van der Waals surface area contributed by atoms with Crippen LogP contribution in [0.5, 0.6) is 0 Å². The van der Waals surface area contributed by atoms with Crippen LogP contribution in [0.25, 0.3) is 0 Å². The van der Waals surface area contributed by atoms with Crippen LogP contribution in [-0.2, 0) is 14.3 Å². The summed E-state index contributed by atoms with van der Waals surface area (Å²) in [6, 6.07) is 0. The number of nitrogens with two attached hydrogens (primary N) is 1. The van der Waals surface area contributed by atoms with Crippen molar-refractivity contribution < 1.29 is 29.6 Å². The number of ether oxygens (including phenoxy) is 2. The summed E-state index contributed by atoms with van der Waals surface area (Å²) in [6.07, 6.45) is 3.91. The summed E-state index contributed by atoms with van der Waals surface area (Å²) >= 11 is 0. The summed E-state index contributed by atoms with van der Waals surface area (Å²) in [6.45, 7) is 16.0. The Morgan fingerprint density at radius 3 is 2.28 bits per heavy atom. The fourth-order valence-corrected chi connectivity index (χ4v) is 12.2. The van der Waals surface area contributed by atoms with Crippen molar-refractivity contribution in [3.8, 4) is 0 Å². The predicted octanol–water partition coefficient (Wildman–Crippen LogP) is 4.07. The molecule has 6 aliphatic rings. The van der Waals surface area contributed by atoms with Gasteiger partial charge in [-0.1, -0.05) is 27.7 Å². The average molecular weight is 546 g/mol. The predicted molar refractivity (Wildman–Crippen MR) is 147 cm³/mol. The molecule has 0 aromatic heterocycles. The fourth-order valence-electron chi connectivity index (χ4n) is 12.2. The standard InChI is InChI=1S/C32H51NO6/c1-16-15-19(26(27(4,5)37)38-18(3)34)39-24-23(16)28(6)13-14-32-17(2)31(32)12-11-22(35)30(8,33)21(31)10-9-20(32)29(28,7)25(24)36/h16-17,19-22,25-26,35-37H,9-15,33H2,1-8H3/t16-,17-,19-,20+,21+,22+,25+,26+,28-,29-,30?,31-,32+/m1/s1. The van der Waals surface area contributed by atoms with E-state index in [1.54, 1.807) is 13.8 Å². The molecule has 0 aromatic carbocycles. The lowest BCUT2D eigenvalue weighted by Crippen LogP contribution is -2.64. The van der Waals surface area contributed by atoms with Crippen molar-refractivity contribution in [1.82, 2.24) is 0 Å². The molecule has 6 rings (SSSR count). The largest absolute Gasteiger partial charge is 0.488 e. The molecule has 4 fully saturated rings. The fraction of sp³-hybridized carbons (Fsp3) is 0.906. The zero-order chi connectivity index (χ0) is 28.7. The lowest BCUT2D eigenvalue weighted by molar-refractivity contribution is -0.182. The normalized spacial score (nSPS) is 54.8. The third-order valence-electron chi connectivity index (χ3n) is 13.9. The Morgan fingerprint density at radius 1 is 1.05 bits per heavy atom. The third kappa shape index (κ3) is 3.06. The van der Waals surface area contributed by atoms with E-state index in [4.69, 9.17) is 15.2 Å². The Kier molecular flexibility index (Phi) is 5.76. The number of allylic oxidation sites excluding steroid dienone is 1. The first kappa shape index (κ1) is 28.0. The van der Waals surface area contributed by atoms with Gasteiger partial charge in [-0.25, -0.2) is 0 Å². The van der Waals surface area contributed by atoms with Crippen LogP contribution in [0.2, 0.25) is 0 Å². The van der Waals surface area contributed by atoms with Gasteiger partial charge >= 0.3 is 5.97 Å². The van der Waals surface area contributed by atoms with Gasteiger partial charge in [-0.2, -0.15) is 0 Å². The van der Waals surface area contributed by atoms with Gasteiger partial charge in [-0.3, -0.25) is 4.79 Å². The lowest BCUT2D eigenvalue weighted by Gasteiger charge is -2.63. The monoisotopic (exact) mass is 545 g/mol. The first-order chi connectivity index (χ1) is 17.9. The molecule has 0 bridgehead atoms. The molecule has 7 nitrogen and oxygen atoms in total. The minimum absolute atomic E-state index is 0.122. The van der Waals surface area contributed by atoms with Crippen molar-refractivity contribution in [1.29, 1.82) is 0 Å². The number of carbonyl (C=O) groups is 1. The maximum Gasteiger partial charge on any atom is 0.303 e. The van der Waals surface area contributed by atoms with Gasteiger partial charge in [0.2, 0.25) is 0 Å². The second-order valence-corrected chi connectivity index (χ2v) is 15.7. The number of rotatable bonds is 3. The highest BCUT2D eigenvalue weighted by Crippen LogP contribution is 2.90. The van der Waals surface area contributed by atoms with Crippen LogP contribution in [0.3, 0.4) is 0 Å².